The van der Waals surface area contributed by atoms with E-state index in [1.54, 1.807) is 0 Å². The monoisotopic (exact) mass is 246 g/mol. The van der Waals surface area contributed by atoms with Crippen LogP contribution in [0.4, 0.5) is 18.9 Å². The van der Waals surface area contributed by atoms with Crippen LogP contribution in [0.15, 0.2) is 23.2 Å². The number of anilines is 1. The largest absolute Gasteiger partial charge is 0.416 e. The second kappa shape index (κ2) is 4.32. The first kappa shape index (κ1) is 12.8. The number of aliphatic imine (C=N–C) groups is 1. The van der Waals surface area contributed by atoms with Crippen LogP contribution in [0.3, 0.4) is 0 Å². The van der Waals surface area contributed by atoms with Crippen molar-refractivity contribution in [1.82, 2.24) is 0 Å². The van der Waals surface area contributed by atoms with Gasteiger partial charge < -0.3 is 17.2 Å². The Morgan fingerprint density at radius 3 is 2.24 bits per heavy atom. The Kier molecular flexibility index (Phi) is 3.26. The highest BCUT2D eigenvalue weighted by Crippen LogP contribution is 2.31. The number of rotatable bonds is 1. The number of alkyl halides is 3. The molecule has 1 aromatic rings. The van der Waals surface area contributed by atoms with Crippen molar-refractivity contribution in [3.8, 4) is 0 Å². The molecule has 1 rings (SSSR count). The molecule has 92 valence electrons. The summed E-state index contributed by atoms with van der Waals surface area (Å²) in [5.41, 5.74) is 13.6. The van der Waals surface area contributed by atoms with Crippen molar-refractivity contribution < 1.29 is 18.0 Å². The fraction of sp³-hybridized carbons (Fsp3) is 0.111. The van der Waals surface area contributed by atoms with Gasteiger partial charge in [0.05, 0.1) is 5.56 Å². The molecule has 0 aromatic heterocycles. The van der Waals surface area contributed by atoms with Gasteiger partial charge in [0.2, 0.25) is 0 Å². The van der Waals surface area contributed by atoms with Gasteiger partial charge in [-0.15, -0.1) is 0 Å². The van der Waals surface area contributed by atoms with Crippen LogP contribution < -0.4 is 17.2 Å². The van der Waals surface area contributed by atoms with Crippen LogP contribution in [0.1, 0.15) is 15.9 Å². The van der Waals surface area contributed by atoms with E-state index in [4.69, 9.17) is 17.2 Å². The van der Waals surface area contributed by atoms with Crippen LogP contribution in [-0.2, 0) is 6.18 Å². The summed E-state index contributed by atoms with van der Waals surface area (Å²) in [6.07, 6.45) is -4.59. The van der Waals surface area contributed by atoms with Gasteiger partial charge in [0.1, 0.15) is 0 Å². The Bertz CT molecular complexity index is 478. The van der Waals surface area contributed by atoms with Crippen LogP contribution in [0.25, 0.3) is 0 Å². The molecule has 5 nitrogen and oxygen atoms in total. The number of nitrogen functional groups attached to an aromatic ring is 1. The molecule has 0 radical (unpaired) electrons. The van der Waals surface area contributed by atoms with Crippen molar-refractivity contribution in [3.05, 3.63) is 29.3 Å². The zero-order valence-corrected chi connectivity index (χ0v) is 8.45. The van der Waals surface area contributed by atoms with E-state index >= 15 is 0 Å². The summed E-state index contributed by atoms with van der Waals surface area (Å²) >= 11 is 0. The second-order valence-electron chi connectivity index (χ2n) is 3.18. The third kappa shape index (κ3) is 3.37. The van der Waals surface area contributed by atoms with E-state index in [9.17, 15) is 18.0 Å². The van der Waals surface area contributed by atoms with Gasteiger partial charge in [0.25, 0.3) is 5.91 Å². The van der Waals surface area contributed by atoms with Gasteiger partial charge in [-0.3, -0.25) is 4.79 Å². The third-order valence-corrected chi connectivity index (χ3v) is 1.76. The lowest BCUT2D eigenvalue weighted by Gasteiger charge is -2.08. The number of carbonyl (C=O) groups is 1. The van der Waals surface area contributed by atoms with Gasteiger partial charge in [0.15, 0.2) is 5.96 Å². The van der Waals surface area contributed by atoms with Gasteiger partial charge in [-0.1, -0.05) is 0 Å². The maximum Gasteiger partial charge on any atom is 0.416 e. The smallest absolute Gasteiger partial charge is 0.399 e. The highest BCUT2D eigenvalue weighted by Gasteiger charge is 2.31. The molecule has 0 aliphatic rings. The molecule has 0 saturated carbocycles. The Morgan fingerprint density at radius 2 is 1.76 bits per heavy atom. The van der Waals surface area contributed by atoms with E-state index in [0.29, 0.717) is 12.1 Å². The van der Waals surface area contributed by atoms with E-state index in [2.05, 4.69) is 4.99 Å². The highest BCUT2D eigenvalue weighted by atomic mass is 19.4. The number of guanidine groups is 1. The molecule has 1 aromatic carbocycles. The average Bonchev–Trinajstić information content (AvgIpc) is 2.14. The summed E-state index contributed by atoms with van der Waals surface area (Å²) in [7, 11) is 0. The number of nitrogens with zero attached hydrogens (tertiary/aromatic N) is 1. The zero-order chi connectivity index (χ0) is 13.2. The van der Waals surface area contributed by atoms with E-state index in [-0.39, 0.29) is 11.3 Å². The number of halogens is 3. The Hall–Kier alpha value is -2.25. The summed E-state index contributed by atoms with van der Waals surface area (Å²) in [6.45, 7) is 0. The van der Waals surface area contributed by atoms with Crippen molar-refractivity contribution in [2.45, 2.75) is 6.18 Å². The molecule has 6 N–H and O–H groups in total. The van der Waals surface area contributed by atoms with Gasteiger partial charge in [-0.2, -0.15) is 18.2 Å². The topological polar surface area (TPSA) is 107 Å². The van der Waals surface area contributed by atoms with Gasteiger partial charge in [0, 0.05) is 11.3 Å². The summed E-state index contributed by atoms with van der Waals surface area (Å²) in [6, 6.07) is 2.40. The molecule has 0 heterocycles. The molecule has 0 aliphatic heterocycles. The normalized spacial score (nSPS) is 11.0. The first-order valence-corrected chi connectivity index (χ1v) is 4.32. The fourth-order valence-electron chi connectivity index (χ4n) is 1.12. The van der Waals surface area contributed by atoms with Crippen molar-refractivity contribution in [1.29, 1.82) is 0 Å². The number of benzene rings is 1. The zero-order valence-electron chi connectivity index (χ0n) is 8.45. The molecular formula is C9H9F3N4O. The molecule has 17 heavy (non-hydrogen) atoms. The fourth-order valence-corrected chi connectivity index (χ4v) is 1.12. The minimum Gasteiger partial charge on any atom is -0.399 e. The first-order valence-electron chi connectivity index (χ1n) is 4.32. The maximum atomic E-state index is 12.4. The van der Waals surface area contributed by atoms with Crippen molar-refractivity contribution >= 4 is 17.6 Å². The van der Waals surface area contributed by atoms with E-state index in [1.807, 2.05) is 0 Å². The minimum absolute atomic E-state index is 0.200. The molecule has 0 bridgehead atoms. The van der Waals surface area contributed by atoms with Crippen LogP contribution >= 0.6 is 0 Å². The van der Waals surface area contributed by atoms with Crippen molar-refractivity contribution in [2.24, 2.45) is 16.5 Å². The summed E-state index contributed by atoms with van der Waals surface area (Å²) in [4.78, 5) is 14.4. The summed E-state index contributed by atoms with van der Waals surface area (Å²) in [5.74, 6) is -1.52. The first-order chi connectivity index (χ1) is 7.70. The van der Waals surface area contributed by atoms with E-state index in [0.717, 1.165) is 6.07 Å². The highest BCUT2D eigenvalue weighted by molar-refractivity contribution is 6.02. The minimum atomic E-state index is -4.59. The molecular weight excluding hydrogens is 237 g/mol. The lowest BCUT2D eigenvalue weighted by atomic mass is 10.1. The number of carbonyl (C=O) groups excluding carboxylic acids is 1. The summed E-state index contributed by atoms with van der Waals surface area (Å²) < 4.78 is 37.3. The molecule has 0 fully saturated rings. The standard InChI is InChI=1S/C9H9F3N4O/c10-9(11,12)5-1-4(2-6(13)3-5)7(17)16-8(14)15/h1-3H,13H2,(H4,14,15,16,17). The molecule has 0 atom stereocenters. The lowest BCUT2D eigenvalue weighted by Crippen LogP contribution is -2.24. The number of hydrogen-bond acceptors (Lipinski definition) is 2. The second-order valence-corrected chi connectivity index (χ2v) is 3.18. The van der Waals surface area contributed by atoms with Crippen molar-refractivity contribution in [2.75, 3.05) is 5.73 Å². The molecule has 0 spiro atoms. The quantitative estimate of drug-likeness (QED) is 0.385. The molecule has 0 unspecified atom stereocenters. The number of amides is 1. The summed E-state index contributed by atoms with van der Waals surface area (Å²) in [5, 5.41) is 0. The third-order valence-electron chi connectivity index (χ3n) is 1.76. The van der Waals surface area contributed by atoms with Crippen molar-refractivity contribution in [3.63, 3.8) is 0 Å². The van der Waals surface area contributed by atoms with Crippen LogP contribution in [-0.4, -0.2) is 11.9 Å². The van der Waals surface area contributed by atoms with E-state index < -0.39 is 23.6 Å². The molecule has 8 heteroatoms. The Balaban J connectivity index is 3.24. The van der Waals surface area contributed by atoms with Crippen LogP contribution in [0.2, 0.25) is 0 Å². The maximum absolute atomic E-state index is 12.4. The Labute approximate surface area is 94.1 Å². The molecule has 0 saturated heterocycles. The van der Waals surface area contributed by atoms with Gasteiger partial charge >= 0.3 is 6.18 Å². The van der Waals surface area contributed by atoms with Crippen LogP contribution in [0, 0.1) is 0 Å². The predicted octanol–water partition coefficient (Wildman–Crippen LogP) is 0.701. The van der Waals surface area contributed by atoms with E-state index in [1.165, 1.54) is 0 Å². The molecule has 1 amide bonds. The molecule has 0 aliphatic carbocycles. The predicted molar refractivity (Wildman–Crippen MR) is 56.0 cm³/mol. The number of nitrogens with two attached hydrogens (primary N) is 3. The SMILES string of the molecule is NC(N)=NC(=O)c1cc(N)cc(C(F)(F)F)c1. The lowest BCUT2D eigenvalue weighted by molar-refractivity contribution is -0.137. The number of hydrogen-bond donors (Lipinski definition) is 3. The van der Waals surface area contributed by atoms with Gasteiger partial charge in [-0.05, 0) is 18.2 Å². The Morgan fingerprint density at radius 1 is 1.18 bits per heavy atom. The van der Waals surface area contributed by atoms with Crippen LogP contribution in [0.5, 0.6) is 0 Å². The average molecular weight is 246 g/mol. The van der Waals surface area contributed by atoms with Gasteiger partial charge in [-0.25, -0.2) is 0 Å².